The van der Waals surface area contributed by atoms with Crippen molar-refractivity contribution in [2.45, 2.75) is 18.5 Å². The molecule has 0 unspecified atom stereocenters. The Morgan fingerprint density at radius 3 is 2.30 bits per heavy atom. The van der Waals surface area contributed by atoms with Crippen LogP contribution in [0, 0.1) is 0 Å². The molecule has 1 fully saturated rings. The lowest BCUT2D eigenvalue weighted by Gasteiger charge is -2.24. The van der Waals surface area contributed by atoms with Crippen LogP contribution in [-0.4, -0.2) is 28.3 Å². The Morgan fingerprint density at radius 2 is 2.00 bits per heavy atom. The quantitative estimate of drug-likeness (QED) is 0.634. The van der Waals surface area contributed by atoms with Crippen LogP contribution < -0.4 is 0 Å². The molecule has 0 saturated carbocycles. The lowest BCUT2D eigenvalue weighted by molar-refractivity contribution is -0.151. The van der Waals surface area contributed by atoms with Crippen LogP contribution in [-0.2, 0) is 4.79 Å². The zero-order valence-electron chi connectivity index (χ0n) is 5.47. The Hall–Kier alpha value is -0.250. The summed E-state index contributed by atoms with van der Waals surface area (Å²) < 4.78 is 13.1. The molecular formula is C6H9FO2S. The lowest BCUT2D eigenvalue weighted by atomic mass is 10.00. The summed E-state index contributed by atoms with van der Waals surface area (Å²) in [5, 5.41) is 8.41. The molecule has 1 saturated heterocycles. The van der Waals surface area contributed by atoms with Crippen LogP contribution in [0.3, 0.4) is 0 Å². The zero-order valence-corrected chi connectivity index (χ0v) is 6.29. The molecule has 1 N–H and O–H groups in total. The minimum Gasteiger partial charge on any atom is -0.479 e. The summed E-state index contributed by atoms with van der Waals surface area (Å²) in [4.78, 5) is 10.3. The highest BCUT2D eigenvalue weighted by Gasteiger charge is 2.39. The van der Waals surface area contributed by atoms with E-state index in [0.29, 0.717) is 11.5 Å². The van der Waals surface area contributed by atoms with Gasteiger partial charge in [0.1, 0.15) is 0 Å². The number of hydrogen-bond acceptors (Lipinski definition) is 2. The van der Waals surface area contributed by atoms with Gasteiger partial charge in [0, 0.05) is 12.8 Å². The lowest BCUT2D eigenvalue weighted by Crippen LogP contribution is -2.37. The molecule has 0 amide bonds. The Labute approximate surface area is 62.8 Å². The minimum absolute atomic E-state index is 0.160. The minimum atomic E-state index is -1.93. The molecule has 0 spiro atoms. The summed E-state index contributed by atoms with van der Waals surface area (Å²) in [6.45, 7) is 0. The van der Waals surface area contributed by atoms with Crippen LogP contribution in [0.1, 0.15) is 12.8 Å². The van der Waals surface area contributed by atoms with Gasteiger partial charge in [0.05, 0.1) is 0 Å². The second-order valence-electron chi connectivity index (χ2n) is 2.38. The standard InChI is InChI=1S/C6H9FO2S/c7-6(5(8)9)1-3-10-4-2-6/h1-4H2,(H,8,9). The van der Waals surface area contributed by atoms with E-state index in [2.05, 4.69) is 0 Å². The van der Waals surface area contributed by atoms with Crippen LogP contribution in [0.5, 0.6) is 0 Å². The molecule has 1 heterocycles. The Morgan fingerprint density at radius 1 is 1.50 bits per heavy atom. The maximum Gasteiger partial charge on any atom is 0.341 e. The van der Waals surface area contributed by atoms with Gasteiger partial charge >= 0.3 is 5.97 Å². The summed E-state index contributed by atoms with van der Waals surface area (Å²) in [6.07, 6.45) is 0.319. The molecule has 2 nitrogen and oxygen atoms in total. The molecule has 1 aliphatic rings. The summed E-state index contributed by atoms with van der Waals surface area (Å²) >= 11 is 1.61. The van der Waals surface area contributed by atoms with Gasteiger partial charge in [-0.25, -0.2) is 9.18 Å². The van der Waals surface area contributed by atoms with Gasteiger partial charge in [-0.15, -0.1) is 0 Å². The van der Waals surface area contributed by atoms with Gasteiger partial charge in [-0.05, 0) is 11.5 Å². The first-order chi connectivity index (χ1) is 4.65. The van der Waals surface area contributed by atoms with Crippen molar-refractivity contribution in [2.75, 3.05) is 11.5 Å². The summed E-state index contributed by atoms with van der Waals surface area (Å²) in [6, 6.07) is 0. The number of carboxylic acids is 1. The van der Waals surface area contributed by atoms with E-state index in [-0.39, 0.29) is 12.8 Å². The van der Waals surface area contributed by atoms with Gasteiger partial charge in [0.15, 0.2) is 0 Å². The number of alkyl halides is 1. The second kappa shape index (κ2) is 2.78. The average molecular weight is 164 g/mol. The smallest absolute Gasteiger partial charge is 0.341 e. The van der Waals surface area contributed by atoms with E-state index in [1.807, 2.05) is 0 Å². The summed E-state index contributed by atoms with van der Waals surface area (Å²) in [7, 11) is 0. The molecule has 0 bridgehead atoms. The van der Waals surface area contributed by atoms with E-state index in [4.69, 9.17) is 5.11 Å². The fourth-order valence-electron chi connectivity index (χ4n) is 0.909. The Bertz CT molecular complexity index is 143. The van der Waals surface area contributed by atoms with Gasteiger partial charge < -0.3 is 5.11 Å². The molecule has 0 aromatic carbocycles. The highest BCUT2D eigenvalue weighted by atomic mass is 32.2. The highest BCUT2D eigenvalue weighted by Crippen LogP contribution is 2.30. The van der Waals surface area contributed by atoms with Crippen molar-refractivity contribution < 1.29 is 14.3 Å². The summed E-state index contributed by atoms with van der Waals surface area (Å²) in [5.41, 5.74) is -1.93. The third-order valence-corrected chi connectivity index (χ3v) is 2.65. The average Bonchev–Trinajstić information content (AvgIpc) is 1.89. The first-order valence-electron chi connectivity index (χ1n) is 3.15. The van der Waals surface area contributed by atoms with Crippen LogP contribution in [0.2, 0.25) is 0 Å². The normalized spacial score (nSPS) is 24.1. The number of rotatable bonds is 1. The first kappa shape index (κ1) is 7.85. The molecule has 0 atom stereocenters. The fourth-order valence-corrected chi connectivity index (χ4v) is 2.05. The zero-order chi connectivity index (χ0) is 7.61. The molecule has 0 aromatic heterocycles. The van der Waals surface area contributed by atoms with Gasteiger partial charge in [-0.2, -0.15) is 11.8 Å². The molecule has 4 heteroatoms. The van der Waals surface area contributed by atoms with Crippen LogP contribution in [0.25, 0.3) is 0 Å². The van der Waals surface area contributed by atoms with Crippen molar-refractivity contribution in [3.8, 4) is 0 Å². The van der Waals surface area contributed by atoms with E-state index < -0.39 is 11.6 Å². The van der Waals surface area contributed by atoms with Crippen LogP contribution >= 0.6 is 11.8 Å². The van der Waals surface area contributed by atoms with Crippen molar-refractivity contribution in [1.82, 2.24) is 0 Å². The molecule has 0 aromatic rings. The predicted molar refractivity (Wildman–Crippen MR) is 38.0 cm³/mol. The molecule has 1 aliphatic heterocycles. The third kappa shape index (κ3) is 1.42. The summed E-state index contributed by atoms with van der Waals surface area (Å²) in [5.74, 6) is -0.0428. The van der Waals surface area contributed by atoms with Crippen molar-refractivity contribution in [3.63, 3.8) is 0 Å². The molecule has 10 heavy (non-hydrogen) atoms. The fraction of sp³-hybridized carbons (Fsp3) is 0.833. The SMILES string of the molecule is O=C(O)C1(F)CCSCC1. The van der Waals surface area contributed by atoms with Gasteiger partial charge in [-0.3, -0.25) is 0 Å². The van der Waals surface area contributed by atoms with E-state index >= 15 is 0 Å². The number of aliphatic carboxylic acids is 1. The largest absolute Gasteiger partial charge is 0.479 e. The highest BCUT2D eigenvalue weighted by molar-refractivity contribution is 7.99. The van der Waals surface area contributed by atoms with Gasteiger partial charge in [-0.1, -0.05) is 0 Å². The number of halogens is 1. The maximum absolute atomic E-state index is 13.1. The van der Waals surface area contributed by atoms with Crippen molar-refractivity contribution in [2.24, 2.45) is 0 Å². The van der Waals surface area contributed by atoms with E-state index in [1.54, 1.807) is 11.8 Å². The molecule has 58 valence electrons. The molecule has 0 radical (unpaired) electrons. The third-order valence-electron chi connectivity index (χ3n) is 1.67. The van der Waals surface area contributed by atoms with Crippen molar-refractivity contribution in [1.29, 1.82) is 0 Å². The van der Waals surface area contributed by atoms with E-state index in [9.17, 15) is 9.18 Å². The number of thioether (sulfide) groups is 1. The first-order valence-corrected chi connectivity index (χ1v) is 4.31. The van der Waals surface area contributed by atoms with Gasteiger partial charge in [0.2, 0.25) is 5.67 Å². The van der Waals surface area contributed by atoms with Crippen molar-refractivity contribution in [3.05, 3.63) is 0 Å². The monoisotopic (exact) mass is 164 g/mol. The van der Waals surface area contributed by atoms with Crippen LogP contribution in [0.4, 0.5) is 4.39 Å². The van der Waals surface area contributed by atoms with Crippen LogP contribution in [0.15, 0.2) is 0 Å². The van der Waals surface area contributed by atoms with Crippen molar-refractivity contribution >= 4 is 17.7 Å². The number of carbonyl (C=O) groups is 1. The Kier molecular flexibility index (Phi) is 2.18. The molecule has 1 rings (SSSR count). The van der Waals surface area contributed by atoms with E-state index in [0.717, 1.165) is 0 Å². The topological polar surface area (TPSA) is 37.3 Å². The van der Waals surface area contributed by atoms with E-state index in [1.165, 1.54) is 0 Å². The molecule has 0 aliphatic carbocycles. The molecular weight excluding hydrogens is 155 g/mol. The Balaban J connectivity index is 2.56. The van der Waals surface area contributed by atoms with Gasteiger partial charge in [0.25, 0.3) is 0 Å². The second-order valence-corrected chi connectivity index (χ2v) is 3.61. The number of hydrogen-bond donors (Lipinski definition) is 1. The number of carboxylic acid groups (broad SMARTS) is 1. The predicted octanol–water partition coefficient (Wildman–Crippen LogP) is 1.31. The maximum atomic E-state index is 13.1.